The van der Waals surface area contributed by atoms with E-state index in [1.54, 1.807) is 30.3 Å². The van der Waals surface area contributed by atoms with Crippen molar-refractivity contribution in [2.24, 2.45) is 5.92 Å². The van der Waals surface area contributed by atoms with Crippen LogP contribution >= 0.6 is 0 Å². The number of likely N-dealkylation sites (tertiary alicyclic amines) is 1. The highest BCUT2D eigenvalue weighted by molar-refractivity contribution is 7.89. The molecule has 0 atom stereocenters. The number of sulfonamides is 1. The van der Waals surface area contributed by atoms with Gasteiger partial charge in [-0.25, -0.2) is 13.1 Å². The van der Waals surface area contributed by atoms with Crippen LogP contribution < -0.4 is 4.72 Å². The van der Waals surface area contributed by atoms with Crippen LogP contribution in [0.3, 0.4) is 0 Å². The molecule has 2 fully saturated rings. The summed E-state index contributed by atoms with van der Waals surface area (Å²) in [5.74, 6) is 0.696. The number of nitrogens with zero attached hydrogens (tertiary/aromatic N) is 2. The third kappa shape index (κ3) is 5.77. The Kier molecular flexibility index (Phi) is 6.55. The second kappa shape index (κ2) is 8.71. The van der Waals surface area contributed by atoms with E-state index >= 15 is 0 Å². The van der Waals surface area contributed by atoms with E-state index in [4.69, 9.17) is 0 Å². The van der Waals surface area contributed by atoms with Crippen LogP contribution in [0, 0.1) is 5.92 Å². The smallest absolute Gasteiger partial charge is 0.240 e. The molecule has 0 aromatic heterocycles. The maximum absolute atomic E-state index is 12.7. The molecular formula is C20H31N3O3S. The summed E-state index contributed by atoms with van der Waals surface area (Å²) in [6.07, 6.45) is 3.71. The van der Waals surface area contributed by atoms with Gasteiger partial charge in [-0.05, 0) is 43.7 Å². The van der Waals surface area contributed by atoms with Gasteiger partial charge in [0.25, 0.3) is 0 Å². The third-order valence-corrected chi connectivity index (χ3v) is 6.73. The molecule has 0 unspecified atom stereocenters. The van der Waals surface area contributed by atoms with Crippen molar-refractivity contribution < 1.29 is 13.2 Å². The highest BCUT2D eigenvalue weighted by Crippen LogP contribution is 2.28. The van der Waals surface area contributed by atoms with Crippen LogP contribution in [0.2, 0.25) is 0 Å². The first-order chi connectivity index (χ1) is 12.8. The highest BCUT2D eigenvalue weighted by atomic mass is 32.2. The van der Waals surface area contributed by atoms with Crippen molar-refractivity contribution in [3.8, 4) is 0 Å². The van der Waals surface area contributed by atoms with Crippen LogP contribution in [0.15, 0.2) is 35.2 Å². The number of piperidine rings is 1. The molecule has 7 heteroatoms. The molecular weight excluding hydrogens is 362 g/mol. The van der Waals surface area contributed by atoms with Gasteiger partial charge in [0, 0.05) is 31.7 Å². The second-order valence-electron chi connectivity index (χ2n) is 8.16. The summed E-state index contributed by atoms with van der Waals surface area (Å²) in [6.45, 7) is 7.06. The lowest BCUT2D eigenvalue weighted by Gasteiger charge is -2.33. The molecule has 1 aliphatic heterocycles. The second-order valence-corrected chi connectivity index (χ2v) is 9.87. The number of rotatable bonds is 8. The summed E-state index contributed by atoms with van der Waals surface area (Å²) in [6, 6.07) is 8.84. The van der Waals surface area contributed by atoms with Crippen LogP contribution in [0.25, 0.3) is 0 Å². The van der Waals surface area contributed by atoms with Crippen LogP contribution in [0.4, 0.5) is 0 Å². The van der Waals surface area contributed by atoms with Gasteiger partial charge in [-0.2, -0.15) is 0 Å². The quantitative estimate of drug-likeness (QED) is 0.734. The lowest BCUT2D eigenvalue weighted by molar-refractivity contribution is -0.133. The predicted octanol–water partition coefficient (Wildman–Crippen LogP) is 2.08. The van der Waals surface area contributed by atoms with Crippen molar-refractivity contribution >= 4 is 15.9 Å². The Hall–Kier alpha value is -1.44. The van der Waals surface area contributed by atoms with E-state index in [9.17, 15) is 13.2 Å². The summed E-state index contributed by atoms with van der Waals surface area (Å²) >= 11 is 0. The van der Waals surface area contributed by atoms with Gasteiger partial charge in [0.15, 0.2) is 0 Å². The first kappa shape index (κ1) is 20.3. The van der Waals surface area contributed by atoms with Crippen LogP contribution in [-0.2, 0) is 14.8 Å². The number of hydrogen-bond acceptors (Lipinski definition) is 4. The molecule has 1 N–H and O–H groups in total. The number of amides is 1. The van der Waals surface area contributed by atoms with E-state index in [1.165, 1.54) is 0 Å². The van der Waals surface area contributed by atoms with Gasteiger partial charge in [0.2, 0.25) is 15.9 Å². The number of carbonyl (C=O) groups is 1. The Labute approximate surface area is 163 Å². The van der Waals surface area contributed by atoms with Gasteiger partial charge < -0.3 is 4.90 Å². The zero-order chi connectivity index (χ0) is 19.4. The normalized spacial score (nSPS) is 19.4. The lowest BCUT2D eigenvalue weighted by atomic mass is 10.1. The minimum absolute atomic E-state index is 0.0724. The summed E-state index contributed by atoms with van der Waals surface area (Å²) in [4.78, 5) is 17.2. The zero-order valence-electron chi connectivity index (χ0n) is 16.3. The molecule has 0 bridgehead atoms. The van der Waals surface area contributed by atoms with Crippen LogP contribution in [0.5, 0.6) is 0 Å². The van der Waals surface area contributed by atoms with Gasteiger partial charge in [-0.15, -0.1) is 0 Å². The van der Waals surface area contributed by atoms with Gasteiger partial charge in [-0.1, -0.05) is 32.0 Å². The van der Waals surface area contributed by atoms with Crippen molar-refractivity contribution in [2.75, 3.05) is 26.2 Å². The minimum atomic E-state index is -3.47. The van der Waals surface area contributed by atoms with Gasteiger partial charge in [0.1, 0.15) is 0 Å². The maximum atomic E-state index is 12.7. The fourth-order valence-electron chi connectivity index (χ4n) is 3.61. The first-order valence-corrected chi connectivity index (χ1v) is 11.4. The molecule has 1 aromatic rings. The molecule has 1 saturated carbocycles. The maximum Gasteiger partial charge on any atom is 0.240 e. The summed E-state index contributed by atoms with van der Waals surface area (Å²) < 4.78 is 27.7. The molecule has 2 aliphatic rings. The fourth-order valence-corrected chi connectivity index (χ4v) is 4.94. The molecule has 27 heavy (non-hydrogen) atoms. The van der Waals surface area contributed by atoms with Crippen LogP contribution in [-0.4, -0.2) is 62.4 Å². The molecule has 1 amide bonds. The Balaban J connectivity index is 1.48. The third-order valence-electron chi connectivity index (χ3n) is 5.19. The van der Waals surface area contributed by atoms with E-state index < -0.39 is 10.0 Å². The lowest BCUT2D eigenvalue weighted by Crippen LogP contribution is -2.48. The van der Waals surface area contributed by atoms with Crippen molar-refractivity contribution in [3.63, 3.8) is 0 Å². The van der Waals surface area contributed by atoms with E-state index in [1.807, 2.05) is 0 Å². The Morgan fingerprint density at radius 1 is 1.15 bits per heavy atom. The number of carbonyl (C=O) groups excluding carboxylic acids is 1. The summed E-state index contributed by atoms with van der Waals surface area (Å²) in [5.41, 5.74) is 0. The number of hydrogen-bond donors (Lipinski definition) is 1. The van der Waals surface area contributed by atoms with Crippen molar-refractivity contribution in [1.29, 1.82) is 0 Å². The topological polar surface area (TPSA) is 69.7 Å². The van der Waals surface area contributed by atoms with E-state index in [-0.39, 0.29) is 11.9 Å². The molecule has 150 valence electrons. The molecule has 0 spiro atoms. The standard InChI is InChI=1S/C20H31N3O3S/c1-16(2)14-23(18-8-9-18)20(24)15-22-12-10-17(11-13-22)21-27(25,26)19-6-4-3-5-7-19/h3-7,16-18,21H,8-15H2,1-2H3. The summed E-state index contributed by atoms with van der Waals surface area (Å²) in [5, 5.41) is 0. The SMILES string of the molecule is CC(C)CN(C(=O)CN1CCC(NS(=O)(=O)c2ccccc2)CC1)C1CC1. The van der Waals surface area contributed by atoms with Gasteiger partial charge in [0.05, 0.1) is 11.4 Å². The average Bonchev–Trinajstić information content (AvgIpc) is 3.46. The van der Waals surface area contributed by atoms with E-state index in [2.05, 4.69) is 28.4 Å². The molecule has 1 saturated heterocycles. The fraction of sp³-hybridized carbons (Fsp3) is 0.650. The zero-order valence-corrected chi connectivity index (χ0v) is 17.1. The summed E-state index contributed by atoms with van der Waals surface area (Å²) in [7, 11) is -3.47. The molecule has 3 rings (SSSR count). The Morgan fingerprint density at radius 3 is 2.33 bits per heavy atom. The van der Waals surface area contributed by atoms with Gasteiger partial charge >= 0.3 is 0 Å². The molecule has 0 radical (unpaired) electrons. The largest absolute Gasteiger partial charge is 0.338 e. The highest BCUT2D eigenvalue weighted by Gasteiger charge is 2.34. The molecule has 1 aromatic carbocycles. The molecule has 6 nitrogen and oxygen atoms in total. The number of nitrogens with one attached hydrogen (secondary N) is 1. The Morgan fingerprint density at radius 2 is 1.78 bits per heavy atom. The molecule has 1 heterocycles. The average molecular weight is 394 g/mol. The van der Waals surface area contributed by atoms with Gasteiger partial charge in [-0.3, -0.25) is 9.69 Å². The van der Waals surface area contributed by atoms with Crippen molar-refractivity contribution in [3.05, 3.63) is 30.3 Å². The van der Waals surface area contributed by atoms with Crippen LogP contribution in [0.1, 0.15) is 39.5 Å². The van der Waals surface area contributed by atoms with E-state index in [0.29, 0.717) is 23.4 Å². The monoisotopic (exact) mass is 393 g/mol. The van der Waals surface area contributed by atoms with Crippen molar-refractivity contribution in [1.82, 2.24) is 14.5 Å². The Bertz CT molecular complexity index is 724. The predicted molar refractivity (Wildman–Crippen MR) is 106 cm³/mol. The minimum Gasteiger partial charge on any atom is -0.338 e. The number of benzene rings is 1. The molecule has 1 aliphatic carbocycles. The van der Waals surface area contributed by atoms with Crippen molar-refractivity contribution in [2.45, 2.75) is 56.5 Å². The van der Waals surface area contributed by atoms with E-state index in [0.717, 1.165) is 45.3 Å². The first-order valence-electron chi connectivity index (χ1n) is 9.94.